The summed E-state index contributed by atoms with van der Waals surface area (Å²) in [4.78, 5) is 20.0. The van der Waals surface area contributed by atoms with E-state index in [1.165, 1.54) is 12.1 Å². The smallest absolute Gasteiger partial charge is 0.269 e. The second-order valence-corrected chi connectivity index (χ2v) is 9.09. The van der Waals surface area contributed by atoms with Gasteiger partial charge in [-0.15, -0.1) is 0 Å². The van der Waals surface area contributed by atoms with Crippen LogP contribution in [-0.4, -0.2) is 68.8 Å². The van der Waals surface area contributed by atoms with Crippen LogP contribution in [0.15, 0.2) is 67.0 Å². The number of pyridine rings is 1. The molecular formula is C25H28N6O3S. The molecule has 1 N–H and O–H groups in total. The lowest BCUT2D eigenvalue weighted by Crippen LogP contribution is -2.39. The van der Waals surface area contributed by atoms with Gasteiger partial charge in [0.1, 0.15) is 0 Å². The summed E-state index contributed by atoms with van der Waals surface area (Å²) in [7, 11) is 0. The van der Waals surface area contributed by atoms with Crippen molar-refractivity contribution in [3.05, 3.63) is 88.5 Å². The molecule has 182 valence electrons. The monoisotopic (exact) mass is 492 g/mol. The van der Waals surface area contributed by atoms with E-state index in [4.69, 9.17) is 17.0 Å². The number of ether oxygens (including phenoxy) is 1. The van der Waals surface area contributed by atoms with Crippen molar-refractivity contribution < 1.29 is 9.66 Å². The van der Waals surface area contributed by atoms with Crippen molar-refractivity contribution in [2.24, 2.45) is 0 Å². The lowest BCUT2D eigenvalue weighted by Gasteiger charge is -2.31. The molecule has 4 heterocycles. The van der Waals surface area contributed by atoms with E-state index in [0.29, 0.717) is 5.11 Å². The fourth-order valence-electron chi connectivity index (χ4n) is 4.86. The molecule has 2 aliphatic heterocycles. The molecule has 0 spiro atoms. The minimum Gasteiger partial charge on any atom is -0.379 e. The Morgan fingerprint density at radius 1 is 1.09 bits per heavy atom. The van der Waals surface area contributed by atoms with Crippen LogP contribution in [0.5, 0.6) is 0 Å². The number of nitrogens with zero attached hydrogens (tertiary/aromatic N) is 5. The Morgan fingerprint density at radius 3 is 2.60 bits per heavy atom. The van der Waals surface area contributed by atoms with Gasteiger partial charge in [-0.25, -0.2) is 0 Å². The van der Waals surface area contributed by atoms with Crippen LogP contribution in [-0.2, 0) is 4.74 Å². The van der Waals surface area contributed by atoms with Crippen LogP contribution >= 0.6 is 12.2 Å². The zero-order valence-electron chi connectivity index (χ0n) is 19.3. The summed E-state index contributed by atoms with van der Waals surface area (Å²) < 4.78 is 7.55. The van der Waals surface area contributed by atoms with Crippen LogP contribution in [0.2, 0.25) is 0 Å². The molecule has 0 bridgehead atoms. The molecular weight excluding hydrogens is 464 g/mol. The lowest BCUT2D eigenvalue weighted by molar-refractivity contribution is -0.384. The van der Waals surface area contributed by atoms with E-state index in [0.717, 1.165) is 62.9 Å². The van der Waals surface area contributed by atoms with Crippen LogP contribution in [0, 0.1) is 10.1 Å². The molecule has 2 aromatic heterocycles. The minimum absolute atomic E-state index is 0.0715. The fourth-order valence-corrected chi connectivity index (χ4v) is 5.19. The maximum absolute atomic E-state index is 11.1. The van der Waals surface area contributed by atoms with Crippen molar-refractivity contribution in [3.8, 4) is 5.69 Å². The molecule has 2 saturated heterocycles. The predicted octanol–water partition coefficient (Wildman–Crippen LogP) is 3.48. The fraction of sp³-hybridized carbons (Fsp3) is 0.360. The van der Waals surface area contributed by atoms with Crippen molar-refractivity contribution in [1.29, 1.82) is 0 Å². The maximum atomic E-state index is 11.1. The van der Waals surface area contributed by atoms with Gasteiger partial charge in [0, 0.05) is 62.1 Å². The molecule has 2 fully saturated rings. The molecule has 2 aliphatic rings. The van der Waals surface area contributed by atoms with Crippen molar-refractivity contribution in [1.82, 2.24) is 24.7 Å². The molecule has 5 rings (SSSR count). The Balaban J connectivity index is 1.44. The van der Waals surface area contributed by atoms with Gasteiger partial charge in [-0.1, -0.05) is 6.07 Å². The summed E-state index contributed by atoms with van der Waals surface area (Å²) in [5.41, 5.74) is 2.91. The van der Waals surface area contributed by atoms with Crippen LogP contribution in [0.25, 0.3) is 5.69 Å². The first-order chi connectivity index (χ1) is 17.1. The number of nitrogens with one attached hydrogen (secondary N) is 1. The topological polar surface area (TPSA) is 88.7 Å². The van der Waals surface area contributed by atoms with Gasteiger partial charge in [-0.05, 0) is 55.0 Å². The van der Waals surface area contributed by atoms with Crippen molar-refractivity contribution >= 4 is 23.0 Å². The van der Waals surface area contributed by atoms with E-state index in [2.05, 4.69) is 30.7 Å². The van der Waals surface area contributed by atoms with E-state index >= 15 is 0 Å². The van der Waals surface area contributed by atoms with E-state index in [-0.39, 0.29) is 22.7 Å². The normalized spacial score (nSPS) is 20.7. The van der Waals surface area contributed by atoms with Crippen molar-refractivity contribution in [3.63, 3.8) is 0 Å². The van der Waals surface area contributed by atoms with Gasteiger partial charge in [-0.2, -0.15) is 0 Å². The highest BCUT2D eigenvalue weighted by molar-refractivity contribution is 7.80. The number of hydrogen-bond acceptors (Lipinski definition) is 6. The van der Waals surface area contributed by atoms with Gasteiger partial charge < -0.3 is 19.5 Å². The van der Waals surface area contributed by atoms with Gasteiger partial charge >= 0.3 is 0 Å². The van der Waals surface area contributed by atoms with Gasteiger partial charge in [0.2, 0.25) is 0 Å². The zero-order valence-corrected chi connectivity index (χ0v) is 20.1. The highest BCUT2D eigenvalue weighted by Gasteiger charge is 2.41. The second-order valence-electron chi connectivity index (χ2n) is 8.70. The lowest BCUT2D eigenvalue weighted by atomic mass is 10.0. The number of aromatic nitrogens is 2. The number of morpholine rings is 1. The average molecular weight is 493 g/mol. The molecule has 1 aromatic carbocycles. The third-order valence-corrected chi connectivity index (χ3v) is 6.95. The molecule has 10 heteroatoms. The molecule has 9 nitrogen and oxygen atoms in total. The van der Waals surface area contributed by atoms with Crippen molar-refractivity contribution in [2.75, 3.05) is 39.4 Å². The highest BCUT2D eigenvalue weighted by atomic mass is 32.1. The summed E-state index contributed by atoms with van der Waals surface area (Å²) in [6.45, 7) is 5.31. The summed E-state index contributed by atoms with van der Waals surface area (Å²) in [6.07, 6.45) is 4.76. The van der Waals surface area contributed by atoms with E-state index in [9.17, 15) is 10.1 Å². The Bertz CT molecular complexity index is 1160. The summed E-state index contributed by atoms with van der Waals surface area (Å²) in [5.74, 6) is 0. The average Bonchev–Trinajstić information content (AvgIpc) is 3.50. The minimum atomic E-state index is -0.382. The molecule has 0 saturated carbocycles. The number of thiocarbonyl (C=S) groups is 1. The summed E-state index contributed by atoms with van der Waals surface area (Å²) >= 11 is 5.81. The van der Waals surface area contributed by atoms with Crippen molar-refractivity contribution in [2.45, 2.75) is 18.5 Å². The first-order valence-electron chi connectivity index (χ1n) is 11.8. The summed E-state index contributed by atoms with van der Waals surface area (Å²) in [5, 5.41) is 15.3. The number of rotatable bonds is 8. The largest absolute Gasteiger partial charge is 0.379 e. The SMILES string of the molecule is O=[N+]([O-])c1ccc(-n2cccc2[C@@H]2[C@H](c3ccccn3)NC(=S)N2CCCN2CCOCC2)cc1. The molecule has 35 heavy (non-hydrogen) atoms. The standard InChI is InChI=1S/C25H28N6O3S/c32-31(33)20-9-7-19(8-10-20)29-13-3-6-22(29)24-23(21-5-1-2-11-26-21)27-25(35)30(24)14-4-12-28-15-17-34-18-16-28/h1-3,5-11,13,23-24H,4,12,14-18H2,(H,27,35)/t23-,24+/m0/s1. The van der Waals surface area contributed by atoms with Crippen LogP contribution < -0.4 is 5.32 Å². The number of benzene rings is 1. The van der Waals surface area contributed by atoms with Crippen LogP contribution in [0.1, 0.15) is 29.9 Å². The van der Waals surface area contributed by atoms with Gasteiger partial charge in [-0.3, -0.25) is 20.0 Å². The van der Waals surface area contributed by atoms with Crippen LogP contribution in [0.4, 0.5) is 5.69 Å². The Labute approximate surface area is 209 Å². The van der Waals surface area contributed by atoms with E-state index < -0.39 is 0 Å². The Kier molecular flexibility index (Phi) is 7.03. The first-order valence-corrected chi connectivity index (χ1v) is 12.2. The summed E-state index contributed by atoms with van der Waals surface area (Å²) in [6, 6.07) is 16.4. The first kappa shape index (κ1) is 23.4. The van der Waals surface area contributed by atoms with Gasteiger partial charge in [0.05, 0.1) is 35.9 Å². The van der Waals surface area contributed by atoms with Gasteiger partial charge in [0.25, 0.3) is 5.69 Å². The second kappa shape index (κ2) is 10.5. The molecule has 0 radical (unpaired) electrons. The molecule has 0 unspecified atom stereocenters. The van der Waals surface area contributed by atoms with Gasteiger partial charge in [0.15, 0.2) is 5.11 Å². The maximum Gasteiger partial charge on any atom is 0.269 e. The number of nitro benzene ring substituents is 1. The zero-order chi connectivity index (χ0) is 24.2. The molecule has 3 aromatic rings. The Hall–Kier alpha value is -3.34. The van der Waals surface area contributed by atoms with Crippen LogP contribution in [0.3, 0.4) is 0 Å². The van der Waals surface area contributed by atoms with E-state index in [1.807, 2.05) is 30.5 Å². The predicted molar refractivity (Wildman–Crippen MR) is 136 cm³/mol. The molecule has 0 amide bonds. The number of hydrogen-bond donors (Lipinski definition) is 1. The molecule has 0 aliphatic carbocycles. The quantitative estimate of drug-likeness (QED) is 0.291. The third kappa shape index (κ3) is 5.04. The number of non-ortho nitro benzene ring substituents is 1. The highest BCUT2D eigenvalue weighted by Crippen LogP contribution is 2.39. The third-order valence-electron chi connectivity index (χ3n) is 6.60. The van der Waals surface area contributed by atoms with E-state index in [1.54, 1.807) is 18.3 Å². The Morgan fingerprint density at radius 2 is 1.89 bits per heavy atom. The molecule has 2 atom stereocenters. The number of nitro groups is 1.